The predicted molar refractivity (Wildman–Crippen MR) is 53.3 cm³/mol. The molecule has 0 atom stereocenters. The van der Waals surface area contributed by atoms with Gasteiger partial charge in [0.15, 0.2) is 0 Å². The molecule has 72 valence electrons. The first kappa shape index (κ1) is 10.6. The van der Waals surface area contributed by atoms with Crippen LogP contribution in [0.15, 0.2) is 17.0 Å². The Bertz CT molecular complexity index is 424. The molecule has 0 heterocycles. The van der Waals surface area contributed by atoms with E-state index in [4.69, 9.17) is 16.1 Å². The van der Waals surface area contributed by atoms with Gasteiger partial charge in [-0.3, -0.25) is 0 Å². The Hall–Kier alpha value is -1.51. The van der Waals surface area contributed by atoms with E-state index in [9.17, 15) is 4.79 Å². The second-order valence-corrected chi connectivity index (χ2v) is 3.09. The predicted octanol–water partition coefficient (Wildman–Crippen LogP) is 1.00. The van der Waals surface area contributed by atoms with Crippen LogP contribution in [-0.2, 0) is 6.54 Å². The van der Waals surface area contributed by atoms with Gasteiger partial charge in [0.1, 0.15) is 6.07 Å². The van der Waals surface area contributed by atoms with Gasteiger partial charge >= 0.3 is 5.97 Å². The maximum absolute atomic E-state index is 10.9. The SMILES string of the molecule is N#Cc1ccc(S)c(CN)c1C(=O)O. The van der Waals surface area contributed by atoms with Crippen molar-refractivity contribution in [3.05, 3.63) is 28.8 Å². The first-order chi connectivity index (χ1) is 6.61. The average Bonchev–Trinajstić information content (AvgIpc) is 2.17. The van der Waals surface area contributed by atoms with Crippen LogP contribution in [-0.4, -0.2) is 11.1 Å². The zero-order valence-electron chi connectivity index (χ0n) is 7.19. The molecule has 5 heteroatoms. The van der Waals surface area contributed by atoms with E-state index >= 15 is 0 Å². The smallest absolute Gasteiger partial charge is 0.337 e. The average molecular weight is 208 g/mol. The van der Waals surface area contributed by atoms with Crippen LogP contribution in [0, 0.1) is 11.3 Å². The minimum Gasteiger partial charge on any atom is -0.478 e. The summed E-state index contributed by atoms with van der Waals surface area (Å²) in [6, 6.07) is 4.80. The van der Waals surface area contributed by atoms with E-state index in [1.165, 1.54) is 6.07 Å². The van der Waals surface area contributed by atoms with Crippen molar-refractivity contribution in [1.82, 2.24) is 0 Å². The van der Waals surface area contributed by atoms with Crippen LogP contribution in [0.1, 0.15) is 21.5 Å². The van der Waals surface area contributed by atoms with Gasteiger partial charge in [-0.15, -0.1) is 12.6 Å². The summed E-state index contributed by atoms with van der Waals surface area (Å²) in [6.45, 7) is 0.0516. The third-order valence-corrected chi connectivity index (χ3v) is 2.25. The number of benzene rings is 1. The molecule has 3 N–H and O–H groups in total. The molecule has 1 rings (SSSR count). The molecule has 0 spiro atoms. The van der Waals surface area contributed by atoms with Crippen LogP contribution in [0.3, 0.4) is 0 Å². The van der Waals surface area contributed by atoms with Crippen molar-refractivity contribution in [3.8, 4) is 6.07 Å². The molecule has 0 aromatic heterocycles. The van der Waals surface area contributed by atoms with Crippen LogP contribution < -0.4 is 5.73 Å². The quantitative estimate of drug-likeness (QED) is 0.633. The number of nitriles is 1. The van der Waals surface area contributed by atoms with Gasteiger partial charge in [0.25, 0.3) is 0 Å². The largest absolute Gasteiger partial charge is 0.478 e. The summed E-state index contributed by atoms with van der Waals surface area (Å²) >= 11 is 4.08. The summed E-state index contributed by atoms with van der Waals surface area (Å²) in [5.74, 6) is -1.15. The second-order valence-electron chi connectivity index (χ2n) is 2.61. The summed E-state index contributed by atoms with van der Waals surface area (Å²) in [7, 11) is 0. The molecule has 0 unspecified atom stereocenters. The van der Waals surface area contributed by atoms with E-state index < -0.39 is 5.97 Å². The summed E-state index contributed by atoms with van der Waals surface area (Å²) in [4.78, 5) is 11.4. The van der Waals surface area contributed by atoms with Gasteiger partial charge in [0.05, 0.1) is 11.1 Å². The van der Waals surface area contributed by atoms with Gasteiger partial charge in [-0.1, -0.05) is 0 Å². The lowest BCUT2D eigenvalue weighted by atomic mass is 10.0. The van der Waals surface area contributed by atoms with Crippen LogP contribution in [0.25, 0.3) is 0 Å². The van der Waals surface area contributed by atoms with Crippen LogP contribution in [0.2, 0.25) is 0 Å². The Kier molecular flexibility index (Phi) is 3.12. The van der Waals surface area contributed by atoms with Gasteiger partial charge in [0.2, 0.25) is 0 Å². The number of carboxylic acids is 1. The Morgan fingerprint density at radius 2 is 2.29 bits per heavy atom. The Labute approximate surface area is 86.4 Å². The van der Waals surface area contributed by atoms with Gasteiger partial charge < -0.3 is 10.8 Å². The van der Waals surface area contributed by atoms with Gasteiger partial charge in [-0.05, 0) is 17.7 Å². The zero-order valence-corrected chi connectivity index (χ0v) is 8.08. The molecule has 0 aliphatic rings. The molecule has 4 nitrogen and oxygen atoms in total. The molecule has 0 amide bonds. The summed E-state index contributed by atoms with van der Waals surface area (Å²) in [6.07, 6.45) is 0. The highest BCUT2D eigenvalue weighted by atomic mass is 32.1. The summed E-state index contributed by atoms with van der Waals surface area (Å²) in [5, 5.41) is 17.6. The highest BCUT2D eigenvalue weighted by Gasteiger charge is 2.16. The monoisotopic (exact) mass is 208 g/mol. The van der Waals surface area contributed by atoms with Crippen molar-refractivity contribution in [2.75, 3.05) is 0 Å². The van der Waals surface area contributed by atoms with Gasteiger partial charge in [-0.25, -0.2) is 4.79 Å². The Morgan fingerprint density at radius 1 is 1.64 bits per heavy atom. The van der Waals surface area contributed by atoms with Crippen molar-refractivity contribution in [1.29, 1.82) is 5.26 Å². The minimum absolute atomic E-state index is 0.0516. The molecule has 0 aliphatic heterocycles. The fourth-order valence-electron chi connectivity index (χ4n) is 1.18. The van der Waals surface area contributed by atoms with Gasteiger partial charge in [0, 0.05) is 11.4 Å². The van der Waals surface area contributed by atoms with Crippen LogP contribution in [0.4, 0.5) is 0 Å². The number of aromatic carboxylic acids is 1. The molecular weight excluding hydrogens is 200 g/mol. The fourth-order valence-corrected chi connectivity index (χ4v) is 1.46. The number of nitrogens with two attached hydrogens (primary N) is 1. The molecule has 14 heavy (non-hydrogen) atoms. The van der Waals surface area contributed by atoms with Crippen LogP contribution >= 0.6 is 12.6 Å². The molecule has 1 aromatic carbocycles. The summed E-state index contributed by atoms with van der Waals surface area (Å²) in [5.41, 5.74) is 5.83. The highest BCUT2D eigenvalue weighted by molar-refractivity contribution is 7.80. The Balaban J connectivity index is 3.54. The first-order valence-corrected chi connectivity index (χ1v) is 4.24. The number of hydrogen-bond donors (Lipinski definition) is 3. The molecule has 0 aliphatic carbocycles. The molecule has 0 bridgehead atoms. The Morgan fingerprint density at radius 3 is 2.71 bits per heavy atom. The number of thiol groups is 1. The molecule has 1 aromatic rings. The highest BCUT2D eigenvalue weighted by Crippen LogP contribution is 2.21. The van der Waals surface area contributed by atoms with Crippen LogP contribution in [0.5, 0.6) is 0 Å². The molecule has 0 fully saturated rings. The molecular formula is C9H8N2O2S. The molecule has 0 saturated heterocycles. The van der Waals surface area contributed by atoms with Crippen molar-refractivity contribution < 1.29 is 9.90 Å². The number of carboxylic acid groups (broad SMARTS) is 1. The van der Waals surface area contributed by atoms with Crippen molar-refractivity contribution in [3.63, 3.8) is 0 Å². The maximum Gasteiger partial charge on any atom is 0.337 e. The zero-order chi connectivity index (χ0) is 10.7. The topological polar surface area (TPSA) is 87.1 Å². The van der Waals surface area contributed by atoms with E-state index in [0.717, 1.165) is 0 Å². The van der Waals surface area contributed by atoms with E-state index in [2.05, 4.69) is 12.6 Å². The van der Waals surface area contributed by atoms with E-state index in [1.807, 2.05) is 6.07 Å². The standard InChI is InChI=1S/C9H8N2O2S/c10-3-5-1-2-7(14)6(4-11)8(5)9(12)13/h1-2,14H,4,11H2,(H,12,13). The number of hydrogen-bond acceptors (Lipinski definition) is 4. The summed E-state index contributed by atoms with van der Waals surface area (Å²) < 4.78 is 0. The molecule has 0 saturated carbocycles. The first-order valence-electron chi connectivity index (χ1n) is 3.80. The van der Waals surface area contributed by atoms with E-state index in [0.29, 0.717) is 10.5 Å². The third kappa shape index (κ3) is 1.71. The van der Waals surface area contributed by atoms with Gasteiger partial charge in [-0.2, -0.15) is 5.26 Å². The van der Waals surface area contributed by atoms with Crippen molar-refractivity contribution in [2.45, 2.75) is 11.4 Å². The number of nitrogens with zero attached hydrogens (tertiary/aromatic N) is 1. The lowest BCUT2D eigenvalue weighted by Gasteiger charge is -2.07. The van der Waals surface area contributed by atoms with Crippen molar-refractivity contribution in [2.24, 2.45) is 5.73 Å². The molecule has 0 radical (unpaired) electrons. The van der Waals surface area contributed by atoms with Crippen molar-refractivity contribution >= 4 is 18.6 Å². The lowest BCUT2D eigenvalue weighted by molar-refractivity contribution is 0.0695. The third-order valence-electron chi connectivity index (χ3n) is 1.83. The lowest BCUT2D eigenvalue weighted by Crippen LogP contribution is -2.10. The van der Waals surface area contributed by atoms with E-state index in [1.54, 1.807) is 6.07 Å². The van der Waals surface area contributed by atoms with E-state index in [-0.39, 0.29) is 17.7 Å². The second kappa shape index (κ2) is 4.13. The maximum atomic E-state index is 10.9. The normalized spacial score (nSPS) is 9.50. The number of carbonyl (C=O) groups is 1. The fraction of sp³-hybridized carbons (Fsp3) is 0.111. The number of rotatable bonds is 2. The minimum atomic E-state index is -1.15.